The van der Waals surface area contributed by atoms with Crippen molar-refractivity contribution in [2.75, 3.05) is 30.7 Å². The quantitative estimate of drug-likeness (QED) is 0.602. The van der Waals surface area contributed by atoms with Crippen molar-refractivity contribution in [2.45, 2.75) is 25.8 Å². The summed E-state index contributed by atoms with van der Waals surface area (Å²) in [5.41, 5.74) is 0.760. The molecule has 0 heterocycles. The van der Waals surface area contributed by atoms with Crippen molar-refractivity contribution >= 4 is 27.5 Å². The number of hydrogen-bond acceptors (Lipinski definition) is 4. The number of nitrogens with one attached hydrogen (secondary N) is 1. The zero-order valence-corrected chi connectivity index (χ0v) is 18.7. The third-order valence-corrected chi connectivity index (χ3v) is 6.04. The minimum Gasteiger partial charge on any atom is -0.357 e. The molecule has 0 saturated carbocycles. The summed E-state index contributed by atoms with van der Waals surface area (Å²) in [7, 11) is -2.47. The molecule has 2 amide bonds. The van der Waals surface area contributed by atoms with Crippen LogP contribution >= 0.6 is 0 Å². The van der Waals surface area contributed by atoms with Crippen molar-refractivity contribution in [1.29, 1.82) is 0 Å². The predicted octanol–water partition coefficient (Wildman–Crippen LogP) is 2.19. The molecule has 0 fully saturated rings. The number of carbonyl (C=O) groups is 2. The van der Waals surface area contributed by atoms with E-state index in [1.807, 2.05) is 30.3 Å². The lowest BCUT2D eigenvalue weighted by Crippen LogP contribution is -2.52. The van der Waals surface area contributed by atoms with Gasteiger partial charge in [-0.1, -0.05) is 49.4 Å². The molecule has 0 aliphatic rings. The average molecular weight is 450 g/mol. The smallest absolute Gasteiger partial charge is 0.244 e. The number of benzene rings is 2. The van der Waals surface area contributed by atoms with E-state index in [-0.39, 0.29) is 18.1 Å². The van der Waals surface area contributed by atoms with Crippen molar-refractivity contribution in [2.24, 2.45) is 0 Å². The Kier molecular flexibility index (Phi) is 8.56. The van der Waals surface area contributed by atoms with Gasteiger partial charge in [0.25, 0.3) is 0 Å². The Morgan fingerprint density at radius 3 is 2.23 bits per heavy atom. The molecule has 0 saturated heterocycles. The van der Waals surface area contributed by atoms with Crippen LogP contribution in [0, 0.1) is 5.82 Å². The summed E-state index contributed by atoms with van der Waals surface area (Å²) in [5, 5.41) is 2.55. The van der Waals surface area contributed by atoms with Gasteiger partial charge in [0.05, 0.1) is 11.9 Å². The van der Waals surface area contributed by atoms with Crippen LogP contribution in [0.3, 0.4) is 0 Å². The van der Waals surface area contributed by atoms with Crippen LogP contribution in [0.25, 0.3) is 0 Å². The summed E-state index contributed by atoms with van der Waals surface area (Å²) in [6.45, 7) is 1.37. The Balaban J connectivity index is 2.35. The van der Waals surface area contributed by atoms with Crippen LogP contribution in [-0.2, 0) is 26.0 Å². The van der Waals surface area contributed by atoms with E-state index < -0.39 is 34.3 Å². The van der Waals surface area contributed by atoms with E-state index in [9.17, 15) is 22.4 Å². The van der Waals surface area contributed by atoms with E-state index >= 15 is 0 Å². The number of rotatable bonds is 10. The molecule has 0 spiro atoms. The molecule has 0 aliphatic carbocycles. The maximum atomic E-state index is 14.3. The molecule has 7 nitrogen and oxygen atoms in total. The molecule has 2 aromatic carbocycles. The number of halogens is 1. The fraction of sp³-hybridized carbons (Fsp3) is 0.364. The highest BCUT2D eigenvalue weighted by Gasteiger charge is 2.31. The molecule has 1 atom stereocenters. The van der Waals surface area contributed by atoms with Gasteiger partial charge in [0.15, 0.2) is 0 Å². The Bertz CT molecular complexity index is 999. The Morgan fingerprint density at radius 1 is 1.06 bits per heavy atom. The van der Waals surface area contributed by atoms with Crippen molar-refractivity contribution < 1.29 is 22.4 Å². The molecule has 1 unspecified atom stereocenters. The third-order valence-electron chi connectivity index (χ3n) is 4.92. The van der Waals surface area contributed by atoms with Crippen molar-refractivity contribution in [3.05, 3.63) is 66.0 Å². The molecule has 0 aromatic heterocycles. The van der Waals surface area contributed by atoms with Crippen molar-refractivity contribution in [1.82, 2.24) is 10.2 Å². The lowest BCUT2D eigenvalue weighted by molar-refractivity contribution is -0.139. The normalized spacial score (nSPS) is 12.1. The second-order valence-corrected chi connectivity index (χ2v) is 8.99. The second-order valence-electron chi connectivity index (χ2n) is 7.08. The number of hydrogen-bond donors (Lipinski definition) is 1. The first-order valence-corrected chi connectivity index (χ1v) is 11.8. The van der Waals surface area contributed by atoms with Gasteiger partial charge in [-0.05, 0) is 30.5 Å². The van der Waals surface area contributed by atoms with Gasteiger partial charge in [0.2, 0.25) is 21.8 Å². The van der Waals surface area contributed by atoms with E-state index in [0.717, 1.165) is 22.2 Å². The van der Waals surface area contributed by atoms with E-state index in [2.05, 4.69) is 5.32 Å². The fourth-order valence-electron chi connectivity index (χ4n) is 3.31. The largest absolute Gasteiger partial charge is 0.357 e. The molecule has 9 heteroatoms. The molecule has 0 radical (unpaired) electrons. The van der Waals surface area contributed by atoms with Crippen LogP contribution in [0.15, 0.2) is 54.6 Å². The van der Waals surface area contributed by atoms with Gasteiger partial charge in [0, 0.05) is 13.6 Å². The van der Waals surface area contributed by atoms with Gasteiger partial charge in [-0.25, -0.2) is 12.8 Å². The van der Waals surface area contributed by atoms with Crippen LogP contribution in [0.5, 0.6) is 0 Å². The van der Waals surface area contributed by atoms with Crippen molar-refractivity contribution in [3.8, 4) is 0 Å². The highest BCUT2D eigenvalue weighted by Crippen LogP contribution is 2.22. The maximum Gasteiger partial charge on any atom is 0.244 e. The molecule has 168 valence electrons. The number of likely N-dealkylation sites (N-methyl/N-ethyl adjacent to an activating group) is 1. The van der Waals surface area contributed by atoms with Crippen LogP contribution in [0.4, 0.5) is 10.1 Å². The number of para-hydroxylation sites is 1. The van der Waals surface area contributed by atoms with E-state index in [4.69, 9.17) is 0 Å². The van der Waals surface area contributed by atoms with Gasteiger partial charge in [-0.15, -0.1) is 0 Å². The Hall–Kier alpha value is -2.94. The number of nitrogens with zero attached hydrogens (tertiary/aromatic N) is 2. The van der Waals surface area contributed by atoms with Crippen LogP contribution in [0.2, 0.25) is 0 Å². The molecule has 1 N–H and O–H groups in total. The zero-order valence-electron chi connectivity index (χ0n) is 17.9. The third kappa shape index (κ3) is 6.52. The average Bonchev–Trinajstić information content (AvgIpc) is 2.75. The standard InChI is InChI=1S/C22H28FN3O4S/c1-4-19(22(28)24-2)25(15-14-17-10-6-5-7-11-17)21(27)16-26(31(3,29)30)20-13-9-8-12-18(20)23/h5-13,19H,4,14-16H2,1-3H3,(H,24,28). The van der Waals surface area contributed by atoms with Crippen LogP contribution in [-0.4, -0.2) is 57.6 Å². The van der Waals surface area contributed by atoms with Crippen LogP contribution in [0.1, 0.15) is 18.9 Å². The first-order valence-electron chi connectivity index (χ1n) is 9.96. The van der Waals surface area contributed by atoms with Gasteiger partial charge < -0.3 is 10.2 Å². The van der Waals surface area contributed by atoms with Gasteiger partial charge in [-0.3, -0.25) is 13.9 Å². The Morgan fingerprint density at radius 2 is 1.68 bits per heavy atom. The molecule has 2 rings (SSSR count). The van der Waals surface area contributed by atoms with Crippen molar-refractivity contribution in [3.63, 3.8) is 0 Å². The second kappa shape index (κ2) is 10.9. The van der Waals surface area contributed by atoms with Gasteiger partial charge in [-0.2, -0.15) is 0 Å². The predicted molar refractivity (Wildman–Crippen MR) is 119 cm³/mol. The summed E-state index contributed by atoms with van der Waals surface area (Å²) in [5.74, 6) is -1.68. The molecule has 0 aliphatic heterocycles. The van der Waals surface area contributed by atoms with E-state index in [0.29, 0.717) is 12.8 Å². The lowest BCUT2D eigenvalue weighted by Gasteiger charge is -2.32. The molecule has 2 aromatic rings. The highest BCUT2D eigenvalue weighted by atomic mass is 32.2. The summed E-state index contributed by atoms with van der Waals surface area (Å²) >= 11 is 0. The SMILES string of the molecule is CCC(C(=O)NC)N(CCc1ccccc1)C(=O)CN(c1ccccc1F)S(C)(=O)=O. The van der Waals surface area contributed by atoms with Crippen LogP contribution < -0.4 is 9.62 Å². The summed E-state index contributed by atoms with van der Waals surface area (Å²) in [6, 6.07) is 14.0. The number of carbonyl (C=O) groups excluding carboxylic acids is 2. The Labute approximate surface area is 182 Å². The first kappa shape index (κ1) is 24.3. The molecular weight excluding hydrogens is 421 g/mol. The summed E-state index contributed by atoms with van der Waals surface area (Å²) in [6.07, 6.45) is 1.74. The number of sulfonamides is 1. The minimum absolute atomic E-state index is 0.212. The fourth-order valence-corrected chi connectivity index (χ4v) is 4.16. The summed E-state index contributed by atoms with van der Waals surface area (Å²) < 4.78 is 39.8. The lowest BCUT2D eigenvalue weighted by atomic mass is 10.1. The van der Waals surface area contributed by atoms with Gasteiger partial charge in [0.1, 0.15) is 18.4 Å². The topological polar surface area (TPSA) is 86.8 Å². The zero-order chi connectivity index (χ0) is 23.0. The number of amides is 2. The first-order chi connectivity index (χ1) is 14.7. The molecule has 0 bridgehead atoms. The summed E-state index contributed by atoms with van der Waals surface area (Å²) in [4.78, 5) is 27.0. The van der Waals surface area contributed by atoms with E-state index in [1.54, 1.807) is 6.92 Å². The molecule has 31 heavy (non-hydrogen) atoms. The maximum absolute atomic E-state index is 14.3. The minimum atomic E-state index is -3.95. The monoisotopic (exact) mass is 449 g/mol. The number of anilines is 1. The van der Waals surface area contributed by atoms with Gasteiger partial charge >= 0.3 is 0 Å². The highest BCUT2D eigenvalue weighted by molar-refractivity contribution is 7.92. The molecular formula is C22H28FN3O4S. The van der Waals surface area contributed by atoms with E-state index in [1.165, 1.54) is 30.1 Å².